The molecular weight excluding hydrogens is 480 g/mol. The van der Waals surface area contributed by atoms with Crippen molar-refractivity contribution in [2.75, 3.05) is 0 Å². The summed E-state index contributed by atoms with van der Waals surface area (Å²) < 4.78 is 0. The van der Waals surface area contributed by atoms with Gasteiger partial charge in [0, 0.05) is 11.8 Å². The number of carboxylic acid groups (broad SMARTS) is 6. The van der Waals surface area contributed by atoms with Crippen molar-refractivity contribution in [3.05, 3.63) is 81.9 Å². The van der Waals surface area contributed by atoms with E-state index in [1.54, 1.807) is 0 Å². The molecule has 2 aromatic carbocycles. The van der Waals surface area contributed by atoms with Crippen LogP contribution < -0.4 is 0 Å². The summed E-state index contributed by atoms with van der Waals surface area (Å²) in [7, 11) is 0. The first-order valence-electron chi connectivity index (χ1n) is 10.2. The molecule has 0 spiro atoms. The molecule has 186 valence electrons. The van der Waals surface area contributed by atoms with Crippen molar-refractivity contribution in [3.8, 4) is 0 Å². The number of aromatic carboxylic acids is 4. The van der Waals surface area contributed by atoms with E-state index in [2.05, 4.69) is 0 Å². The molecule has 0 heterocycles. The smallest absolute Gasteiger partial charge is 0.336 e. The van der Waals surface area contributed by atoms with E-state index in [-0.39, 0.29) is 11.1 Å². The zero-order valence-electron chi connectivity index (χ0n) is 18.1. The molecule has 1 aliphatic rings. The van der Waals surface area contributed by atoms with Crippen LogP contribution in [0.5, 0.6) is 0 Å². The normalized spacial score (nSPS) is 20.9. The summed E-state index contributed by atoms with van der Waals surface area (Å²) in [6.45, 7) is 0. The summed E-state index contributed by atoms with van der Waals surface area (Å²) >= 11 is 0. The highest BCUT2D eigenvalue weighted by molar-refractivity contribution is 6.04. The lowest BCUT2D eigenvalue weighted by molar-refractivity contribution is -0.153. The fourth-order valence-electron chi connectivity index (χ4n) is 4.68. The lowest BCUT2D eigenvalue weighted by Gasteiger charge is -2.37. The van der Waals surface area contributed by atoms with Gasteiger partial charge in [-0.05, 0) is 23.3 Å². The molecule has 4 atom stereocenters. The van der Waals surface area contributed by atoms with Crippen LogP contribution in [0.2, 0.25) is 0 Å². The largest absolute Gasteiger partial charge is 0.481 e. The van der Waals surface area contributed by atoms with Gasteiger partial charge >= 0.3 is 35.8 Å². The first-order chi connectivity index (χ1) is 16.9. The van der Waals surface area contributed by atoms with Crippen molar-refractivity contribution in [1.82, 2.24) is 0 Å². The van der Waals surface area contributed by atoms with Gasteiger partial charge in [-0.2, -0.15) is 0 Å². The zero-order valence-corrected chi connectivity index (χ0v) is 18.1. The number of hydrogen-bond acceptors (Lipinski definition) is 6. The molecule has 3 rings (SSSR count). The third kappa shape index (κ3) is 4.39. The van der Waals surface area contributed by atoms with Gasteiger partial charge in [0.1, 0.15) is 0 Å². The molecular formula is C24H18O12. The van der Waals surface area contributed by atoms with E-state index in [1.807, 2.05) is 0 Å². The molecule has 0 bridgehead atoms. The van der Waals surface area contributed by atoms with Crippen LogP contribution in [0.15, 0.2) is 48.6 Å². The van der Waals surface area contributed by atoms with Gasteiger partial charge in [-0.15, -0.1) is 0 Å². The summed E-state index contributed by atoms with van der Waals surface area (Å²) in [4.78, 5) is 71.9. The lowest BCUT2D eigenvalue weighted by Crippen LogP contribution is -2.39. The highest BCUT2D eigenvalue weighted by Gasteiger charge is 2.47. The number of hydrogen-bond donors (Lipinski definition) is 6. The second-order valence-electron chi connectivity index (χ2n) is 7.92. The summed E-state index contributed by atoms with van der Waals surface area (Å²) in [5, 5.41) is 58.3. The second-order valence-corrected chi connectivity index (χ2v) is 7.92. The first-order valence-corrected chi connectivity index (χ1v) is 10.2. The Morgan fingerprint density at radius 3 is 1.44 bits per heavy atom. The molecule has 0 saturated heterocycles. The van der Waals surface area contributed by atoms with Crippen molar-refractivity contribution in [2.45, 2.75) is 11.8 Å². The quantitative estimate of drug-likeness (QED) is 0.288. The second kappa shape index (κ2) is 9.70. The number of aliphatic carboxylic acids is 2. The van der Waals surface area contributed by atoms with Crippen molar-refractivity contribution in [2.24, 2.45) is 11.8 Å². The highest BCUT2D eigenvalue weighted by Crippen LogP contribution is 2.49. The van der Waals surface area contributed by atoms with E-state index in [1.165, 1.54) is 18.2 Å². The monoisotopic (exact) mass is 498 g/mol. The van der Waals surface area contributed by atoms with Gasteiger partial charge in [-0.25, -0.2) is 19.2 Å². The minimum absolute atomic E-state index is 0.212. The van der Waals surface area contributed by atoms with Crippen LogP contribution in [0.4, 0.5) is 0 Å². The zero-order chi connectivity index (χ0) is 26.9. The maximum Gasteiger partial charge on any atom is 0.336 e. The molecule has 0 fully saturated rings. The Balaban J connectivity index is 2.46. The number of allylic oxidation sites excluding steroid dienone is 1. The van der Waals surface area contributed by atoms with Crippen molar-refractivity contribution < 1.29 is 59.4 Å². The molecule has 36 heavy (non-hydrogen) atoms. The van der Waals surface area contributed by atoms with Crippen LogP contribution in [-0.2, 0) is 9.59 Å². The maximum atomic E-state index is 12.4. The van der Waals surface area contributed by atoms with Crippen molar-refractivity contribution >= 4 is 35.8 Å². The van der Waals surface area contributed by atoms with Crippen LogP contribution in [-0.4, -0.2) is 66.5 Å². The number of carbonyl (C=O) groups is 6. The number of rotatable bonds is 8. The van der Waals surface area contributed by atoms with Crippen LogP contribution >= 0.6 is 0 Å². The summed E-state index contributed by atoms with van der Waals surface area (Å²) in [5.41, 5.74) is -3.38. The Kier molecular flexibility index (Phi) is 6.90. The minimum Gasteiger partial charge on any atom is -0.481 e. The number of benzene rings is 2. The van der Waals surface area contributed by atoms with Gasteiger partial charge in [-0.3, -0.25) is 9.59 Å². The highest BCUT2D eigenvalue weighted by atomic mass is 16.4. The average Bonchev–Trinajstić information content (AvgIpc) is 2.81. The van der Waals surface area contributed by atoms with Crippen LogP contribution in [0.25, 0.3) is 0 Å². The van der Waals surface area contributed by atoms with Crippen LogP contribution in [0.3, 0.4) is 0 Å². The van der Waals surface area contributed by atoms with Crippen LogP contribution in [0, 0.1) is 11.8 Å². The summed E-state index contributed by atoms with van der Waals surface area (Å²) in [6.07, 6.45) is 2.19. The summed E-state index contributed by atoms with van der Waals surface area (Å²) in [5.74, 6) is -16.3. The average molecular weight is 498 g/mol. The molecule has 0 aliphatic heterocycles. The summed E-state index contributed by atoms with van der Waals surface area (Å²) in [6, 6.07) is 6.69. The van der Waals surface area contributed by atoms with Gasteiger partial charge in [0.2, 0.25) is 0 Å². The molecule has 4 unspecified atom stereocenters. The maximum absolute atomic E-state index is 12.4. The van der Waals surface area contributed by atoms with E-state index in [0.29, 0.717) is 0 Å². The van der Waals surface area contributed by atoms with Crippen molar-refractivity contribution in [1.29, 1.82) is 0 Å². The predicted molar refractivity (Wildman–Crippen MR) is 118 cm³/mol. The van der Waals surface area contributed by atoms with Crippen molar-refractivity contribution in [3.63, 3.8) is 0 Å². The van der Waals surface area contributed by atoms with Gasteiger partial charge < -0.3 is 30.6 Å². The Morgan fingerprint density at radius 1 is 0.556 bits per heavy atom. The predicted octanol–water partition coefficient (Wildman–Crippen LogP) is 2.32. The molecule has 12 heteroatoms. The van der Waals surface area contributed by atoms with E-state index >= 15 is 0 Å². The Bertz CT molecular complexity index is 1340. The van der Waals surface area contributed by atoms with Gasteiger partial charge in [0.05, 0.1) is 34.1 Å². The Morgan fingerprint density at radius 2 is 1.03 bits per heavy atom. The Hall–Kier alpha value is -5.00. The molecule has 2 aromatic rings. The van der Waals surface area contributed by atoms with E-state index < -0.39 is 81.7 Å². The molecule has 12 nitrogen and oxygen atoms in total. The molecule has 0 aromatic heterocycles. The molecule has 0 saturated carbocycles. The molecule has 6 N–H and O–H groups in total. The van der Waals surface area contributed by atoms with Gasteiger partial charge in [0.15, 0.2) is 0 Å². The fourth-order valence-corrected chi connectivity index (χ4v) is 4.68. The van der Waals surface area contributed by atoms with Gasteiger partial charge in [-0.1, -0.05) is 36.4 Å². The third-order valence-corrected chi connectivity index (χ3v) is 6.06. The molecule has 1 aliphatic carbocycles. The van der Waals surface area contributed by atoms with E-state index in [0.717, 1.165) is 30.3 Å². The van der Waals surface area contributed by atoms with E-state index in [9.17, 15) is 59.4 Å². The van der Waals surface area contributed by atoms with Gasteiger partial charge in [0.25, 0.3) is 0 Å². The minimum atomic E-state index is -1.87. The molecule has 0 amide bonds. The van der Waals surface area contributed by atoms with Crippen LogP contribution in [0.1, 0.15) is 64.4 Å². The molecule has 0 radical (unpaired) electrons. The standard InChI is InChI=1S/C24H18O12/c25-19(26)12-5-1-3-9(16(12)22(31)32)10-7-8-14(21(29)30)18(24(35)36)15(10)11-4-2-6-13(20(27)28)17(11)23(33)34/h1-8,10,14-15,18H,(H,25,26)(H,27,28)(H,29,30)(H,31,32)(H,33,34)(H,35,36). The Labute approximate surface area is 201 Å². The SMILES string of the molecule is O=C(O)c1cccc(C2C=CC(C(=O)O)C(C(=O)O)C2c2cccc(C(=O)O)c2C(=O)O)c1C(=O)O. The fraction of sp³-hybridized carbons (Fsp3) is 0.167. The number of carboxylic acids is 6. The topological polar surface area (TPSA) is 224 Å². The first kappa shape index (κ1) is 25.6. The third-order valence-electron chi connectivity index (χ3n) is 6.06. The van der Waals surface area contributed by atoms with E-state index in [4.69, 9.17) is 0 Å². The lowest BCUT2D eigenvalue weighted by atomic mass is 9.64.